The maximum Gasteiger partial charge on any atom is 0.0948 e. The molecule has 1 saturated carbocycles. The van der Waals surface area contributed by atoms with E-state index in [9.17, 15) is 0 Å². The van der Waals surface area contributed by atoms with Crippen LogP contribution in [0.1, 0.15) is 38.6 Å². The van der Waals surface area contributed by atoms with Crippen molar-refractivity contribution in [3.05, 3.63) is 18.7 Å². The Hall–Kier alpha value is -0.790. The van der Waals surface area contributed by atoms with Gasteiger partial charge in [0.05, 0.1) is 6.33 Å². The number of imidazole rings is 1. The fraction of sp³-hybridized carbons (Fsp3) is 0.700. The molecule has 0 spiro atoms. The number of hydrogen-bond donors (Lipinski definition) is 0. The molecule has 66 valence electrons. The van der Waals surface area contributed by atoms with Gasteiger partial charge in [0, 0.05) is 18.4 Å². The highest BCUT2D eigenvalue weighted by molar-refractivity contribution is 4.83. The second kappa shape index (κ2) is 3.30. The van der Waals surface area contributed by atoms with Crippen molar-refractivity contribution in [1.82, 2.24) is 9.55 Å². The summed E-state index contributed by atoms with van der Waals surface area (Å²) in [4.78, 5) is 4.09. The van der Waals surface area contributed by atoms with Gasteiger partial charge >= 0.3 is 0 Å². The Morgan fingerprint density at radius 2 is 2.33 bits per heavy atom. The van der Waals surface area contributed by atoms with E-state index >= 15 is 0 Å². The Morgan fingerprint density at radius 1 is 1.42 bits per heavy atom. The van der Waals surface area contributed by atoms with Crippen LogP contribution in [0, 0.1) is 5.92 Å². The summed E-state index contributed by atoms with van der Waals surface area (Å²) >= 11 is 0. The van der Waals surface area contributed by atoms with Gasteiger partial charge in [0.15, 0.2) is 0 Å². The third-order valence-corrected chi connectivity index (χ3v) is 2.86. The van der Waals surface area contributed by atoms with Gasteiger partial charge in [-0.2, -0.15) is 0 Å². The van der Waals surface area contributed by atoms with E-state index in [1.165, 1.54) is 25.7 Å². The van der Waals surface area contributed by atoms with Crippen LogP contribution < -0.4 is 0 Å². The second-order valence-electron chi connectivity index (χ2n) is 3.94. The molecule has 1 aromatic heterocycles. The lowest BCUT2D eigenvalue weighted by atomic mass is 9.87. The van der Waals surface area contributed by atoms with Gasteiger partial charge in [0.25, 0.3) is 0 Å². The van der Waals surface area contributed by atoms with Crippen molar-refractivity contribution >= 4 is 0 Å². The summed E-state index contributed by atoms with van der Waals surface area (Å²) < 4.78 is 2.26. The minimum atomic E-state index is 0.719. The molecule has 2 rings (SSSR count). The molecule has 0 saturated heterocycles. The maximum absolute atomic E-state index is 4.09. The minimum absolute atomic E-state index is 0.719. The highest BCUT2D eigenvalue weighted by Crippen LogP contribution is 2.31. The van der Waals surface area contributed by atoms with Crippen LogP contribution in [0.3, 0.4) is 0 Å². The molecule has 0 aromatic carbocycles. The molecule has 0 amide bonds. The molecule has 2 nitrogen and oxygen atoms in total. The van der Waals surface area contributed by atoms with Crippen LogP contribution in [0.15, 0.2) is 18.7 Å². The van der Waals surface area contributed by atoms with E-state index in [1.54, 1.807) is 0 Å². The zero-order valence-corrected chi connectivity index (χ0v) is 7.61. The Balaban J connectivity index is 2.04. The molecular weight excluding hydrogens is 148 g/mol. The van der Waals surface area contributed by atoms with Crippen molar-refractivity contribution in [1.29, 1.82) is 0 Å². The van der Waals surface area contributed by atoms with Crippen molar-refractivity contribution in [2.45, 2.75) is 38.6 Å². The van der Waals surface area contributed by atoms with E-state index in [4.69, 9.17) is 0 Å². The molecule has 0 N–H and O–H groups in total. The lowest BCUT2D eigenvalue weighted by Crippen LogP contribution is -2.16. The summed E-state index contributed by atoms with van der Waals surface area (Å²) in [6.07, 6.45) is 11.4. The zero-order valence-electron chi connectivity index (χ0n) is 7.61. The highest BCUT2D eigenvalue weighted by atomic mass is 15.0. The van der Waals surface area contributed by atoms with E-state index in [1.807, 2.05) is 12.5 Å². The Morgan fingerprint density at radius 3 is 3.00 bits per heavy atom. The normalized spacial score (nSPS) is 30.4. The van der Waals surface area contributed by atoms with Crippen molar-refractivity contribution in [2.75, 3.05) is 0 Å². The highest BCUT2D eigenvalue weighted by Gasteiger charge is 2.19. The third-order valence-electron chi connectivity index (χ3n) is 2.86. The molecular formula is C10H16N2. The molecule has 1 fully saturated rings. The predicted molar refractivity (Wildman–Crippen MR) is 48.9 cm³/mol. The van der Waals surface area contributed by atoms with Gasteiger partial charge in [0.2, 0.25) is 0 Å². The first-order valence-corrected chi connectivity index (χ1v) is 4.83. The van der Waals surface area contributed by atoms with Gasteiger partial charge < -0.3 is 4.57 Å². The van der Waals surface area contributed by atoms with Crippen LogP contribution in [0.25, 0.3) is 0 Å². The van der Waals surface area contributed by atoms with Crippen LogP contribution in [0.4, 0.5) is 0 Å². The van der Waals surface area contributed by atoms with Crippen molar-refractivity contribution in [3.63, 3.8) is 0 Å². The average molecular weight is 164 g/mol. The summed E-state index contributed by atoms with van der Waals surface area (Å²) in [6, 6.07) is 0.719. The molecule has 0 aliphatic heterocycles. The fourth-order valence-corrected chi connectivity index (χ4v) is 2.16. The van der Waals surface area contributed by atoms with Crippen LogP contribution >= 0.6 is 0 Å². The van der Waals surface area contributed by atoms with Gasteiger partial charge in [-0.15, -0.1) is 0 Å². The van der Waals surface area contributed by atoms with E-state index in [0.29, 0.717) is 0 Å². The summed E-state index contributed by atoms with van der Waals surface area (Å²) in [6.45, 7) is 2.35. The summed E-state index contributed by atoms with van der Waals surface area (Å²) in [5, 5.41) is 0. The van der Waals surface area contributed by atoms with Crippen LogP contribution in [0.5, 0.6) is 0 Å². The van der Waals surface area contributed by atoms with Gasteiger partial charge in [-0.1, -0.05) is 19.8 Å². The monoisotopic (exact) mass is 164 g/mol. The minimum Gasteiger partial charge on any atom is -0.334 e. The number of aromatic nitrogens is 2. The summed E-state index contributed by atoms with van der Waals surface area (Å²) in [5.74, 6) is 0.895. The largest absolute Gasteiger partial charge is 0.334 e. The van der Waals surface area contributed by atoms with Crippen molar-refractivity contribution in [3.8, 4) is 0 Å². The smallest absolute Gasteiger partial charge is 0.0948 e. The molecule has 1 aliphatic rings. The number of nitrogens with zero attached hydrogens (tertiary/aromatic N) is 2. The fourth-order valence-electron chi connectivity index (χ4n) is 2.16. The maximum atomic E-state index is 4.09. The lowest BCUT2D eigenvalue weighted by molar-refractivity contribution is 0.282. The average Bonchev–Trinajstić information content (AvgIpc) is 2.56. The zero-order chi connectivity index (χ0) is 8.39. The quantitative estimate of drug-likeness (QED) is 0.624. The van der Waals surface area contributed by atoms with E-state index in [2.05, 4.69) is 22.7 Å². The van der Waals surface area contributed by atoms with Gasteiger partial charge in [0.1, 0.15) is 0 Å². The second-order valence-corrected chi connectivity index (χ2v) is 3.94. The van der Waals surface area contributed by atoms with Crippen molar-refractivity contribution in [2.24, 2.45) is 5.92 Å². The van der Waals surface area contributed by atoms with Gasteiger partial charge in [-0.05, 0) is 18.8 Å². The Kier molecular flexibility index (Phi) is 2.15. The molecule has 2 unspecified atom stereocenters. The van der Waals surface area contributed by atoms with Crippen LogP contribution in [-0.4, -0.2) is 9.55 Å². The predicted octanol–water partition coefficient (Wildman–Crippen LogP) is 2.63. The molecule has 1 aromatic rings. The van der Waals surface area contributed by atoms with Crippen molar-refractivity contribution < 1.29 is 0 Å². The Bertz CT molecular complexity index is 228. The first kappa shape index (κ1) is 7.84. The first-order valence-electron chi connectivity index (χ1n) is 4.83. The van der Waals surface area contributed by atoms with Gasteiger partial charge in [-0.25, -0.2) is 4.98 Å². The molecule has 2 heteroatoms. The topological polar surface area (TPSA) is 17.8 Å². The molecule has 2 atom stereocenters. The molecule has 12 heavy (non-hydrogen) atoms. The van der Waals surface area contributed by atoms with E-state index in [0.717, 1.165) is 12.0 Å². The number of hydrogen-bond acceptors (Lipinski definition) is 1. The molecule has 0 bridgehead atoms. The molecule has 0 radical (unpaired) electrons. The molecule has 1 heterocycles. The summed E-state index contributed by atoms with van der Waals surface area (Å²) in [5.41, 5.74) is 0. The Labute approximate surface area is 73.6 Å². The van der Waals surface area contributed by atoms with Crippen LogP contribution in [-0.2, 0) is 0 Å². The van der Waals surface area contributed by atoms with E-state index in [-0.39, 0.29) is 0 Å². The summed E-state index contributed by atoms with van der Waals surface area (Å²) in [7, 11) is 0. The molecule has 1 aliphatic carbocycles. The number of rotatable bonds is 1. The van der Waals surface area contributed by atoms with Gasteiger partial charge in [-0.3, -0.25) is 0 Å². The SMILES string of the molecule is CC1CCCC(n2ccnc2)C1. The first-order chi connectivity index (χ1) is 5.86. The van der Waals surface area contributed by atoms with E-state index < -0.39 is 0 Å². The standard InChI is InChI=1S/C10H16N2/c1-9-3-2-4-10(7-9)12-6-5-11-8-12/h5-6,8-10H,2-4,7H2,1H3. The third kappa shape index (κ3) is 1.52. The van der Waals surface area contributed by atoms with Crippen LogP contribution in [0.2, 0.25) is 0 Å². The lowest BCUT2D eigenvalue weighted by Gasteiger charge is -2.27.